The summed E-state index contributed by atoms with van der Waals surface area (Å²) in [5.74, 6) is -0.370. The number of benzene rings is 2. The molecule has 0 saturated heterocycles. The van der Waals surface area contributed by atoms with Crippen molar-refractivity contribution >= 4 is 35.0 Å². The van der Waals surface area contributed by atoms with Gasteiger partial charge in [0.25, 0.3) is 5.91 Å². The molecule has 2 aromatic carbocycles. The third-order valence-corrected chi connectivity index (χ3v) is 3.61. The molecule has 0 fully saturated rings. The lowest BCUT2D eigenvalue weighted by Crippen LogP contribution is -2.30. The van der Waals surface area contributed by atoms with Crippen molar-refractivity contribution in [1.82, 2.24) is 10.6 Å². The maximum Gasteiger partial charge on any atom is 0.251 e. The van der Waals surface area contributed by atoms with Crippen LogP contribution in [0.15, 0.2) is 48.5 Å². The first-order chi connectivity index (χ1) is 11.0. The summed E-state index contributed by atoms with van der Waals surface area (Å²) in [7, 11) is 0. The van der Waals surface area contributed by atoms with Crippen LogP contribution in [0.3, 0.4) is 0 Å². The van der Waals surface area contributed by atoms with Gasteiger partial charge in [-0.2, -0.15) is 0 Å². The number of carbonyl (C=O) groups excluding carboxylic acids is 2. The molecule has 0 saturated carbocycles. The normalized spacial score (nSPS) is 10.2. The van der Waals surface area contributed by atoms with Gasteiger partial charge in [-0.25, -0.2) is 0 Å². The molecule has 6 heteroatoms. The molecule has 0 aliphatic carbocycles. The second-order valence-electron chi connectivity index (χ2n) is 4.92. The summed E-state index contributed by atoms with van der Waals surface area (Å²) >= 11 is 11.6. The molecule has 2 N–H and O–H groups in total. The van der Waals surface area contributed by atoms with Crippen LogP contribution in [0.5, 0.6) is 0 Å². The van der Waals surface area contributed by atoms with Gasteiger partial charge in [0.2, 0.25) is 5.91 Å². The number of hydrogen-bond acceptors (Lipinski definition) is 2. The summed E-state index contributed by atoms with van der Waals surface area (Å²) in [6.07, 6.45) is 0.208. The van der Waals surface area contributed by atoms with E-state index in [9.17, 15) is 9.59 Å². The third-order valence-electron chi connectivity index (χ3n) is 3.12. The van der Waals surface area contributed by atoms with Crippen molar-refractivity contribution in [2.75, 3.05) is 6.54 Å². The Bertz CT molecular complexity index is 687. The van der Waals surface area contributed by atoms with Crippen molar-refractivity contribution in [2.45, 2.75) is 13.0 Å². The second-order valence-corrected chi connectivity index (χ2v) is 5.79. The molecule has 0 spiro atoms. The lowest BCUT2D eigenvalue weighted by molar-refractivity contribution is -0.121. The molecule has 0 unspecified atom stereocenters. The van der Waals surface area contributed by atoms with Crippen molar-refractivity contribution in [3.63, 3.8) is 0 Å². The molecule has 2 amide bonds. The van der Waals surface area contributed by atoms with Gasteiger partial charge < -0.3 is 10.6 Å². The first-order valence-corrected chi connectivity index (χ1v) is 7.85. The summed E-state index contributed by atoms with van der Waals surface area (Å²) in [6, 6.07) is 13.9. The summed E-state index contributed by atoms with van der Waals surface area (Å²) in [5, 5.41) is 6.68. The Balaban J connectivity index is 1.70. The van der Waals surface area contributed by atoms with E-state index in [0.717, 1.165) is 5.56 Å². The molecular weight excluding hydrogens is 335 g/mol. The molecular formula is C17H16Cl2N2O2. The van der Waals surface area contributed by atoms with Gasteiger partial charge in [0, 0.05) is 35.1 Å². The Morgan fingerprint density at radius 2 is 1.65 bits per heavy atom. The largest absolute Gasteiger partial charge is 0.352 e. The first kappa shape index (κ1) is 17.3. The Morgan fingerprint density at radius 3 is 2.35 bits per heavy atom. The molecule has 0 atom stereocenters. The average Bonchev–Trinajstić information content (AvgIpc) is 2.53. The molecule has 0 aliphatic rings. The van der Waals surface area contributed by atoms with Crippen LogP contribution in [-0.2, 0) is 11.3 Å². The fourth-order valence-electron chi connectivity index (χ4n) is 1.93. The van der Waals surface area contributed by atoms with Crippen molar-refractivity contribution in [3.8, 4) is 0 Å². The maximum atomic E-state index is 11.9. The van der Waals surface area contributed by atoms with Gasteiger partial charge in [-0.15, -0.1) is 0 Å². The fourth-order valence-corrected chi connectivity index (χ4v) is 2.27. The molecule has 0 aliphatic heterocycles. The smallest absolute Gasteiger partial charge is 0.251 e. The lowest BCUT2D eigenvalue weighted by Gasteiger charge is -2.07. The number of amides is 2. The van der Waals surface area contributed by atoms with E-state index in [4.69, 9.17) is 23.2 Å². The summed E-state index contributed by atoms with van der Waals surface area (Å²) in [5.41, 5.74) is 1.43. The minimum absolute atomic E-state index is 0.138. The minimum Gasteiger partial charge on any atom is -0.352 e. The number of carbonyl (C=O) groups is 2. The molecule has 0 radical (unpaired) electrons. The zero-order valence-corrected chi connectivity index (χ0v) is 13.8. The van der Waals surface area contributed by atoms with Crippen molar-refractivity contribution in [3.05, 3.63) is 69.7 Å². The molecule has 0 heterocycles. The highest BCUT2D eigenvalue weighted by Crippen LogP contribution is 2.10. The van der Waals surface area contributed by atoms with E-state index < -0.39 is 0 Å². The first-order valence-electron chi connectivity index (χ1n) is 7.09. The SMILES string of the molecule is O=C(CCNC(=O)c1ccc(Cl)cc1)NCc1cccc(Cl)c1. The van der Waals surface area contributed by atoms with E-state index in [0.29, 0.717) is 22.2 Å². The highest BCUT2D eigenvalue weighted by atomic mass is 35.5. The van der Waals surface area contributed by atoms with Crippen molar-refractivity contribution < 1.29 is 9.59 Å². The highest BCUT2D eigenvalue weighted by molar-refractivity contribution is 6.30. The second kappa shape index (κ2) is 8.56. The van der Waals surface area contributed by atoms with E-state index >= 15 is 0 Å². The molecule has 23 heavy (non-hydrogen) atoms. The predicted molar refractivity (Wildman–Crippen MR) is 91.7 cm³/mol. The quantitative estimate of drug-likeness (QED) is 0.838. The highest BCUT2D eigenvalue weighted by Gasteiger charge is 2.06. The van der Waals surface area contributed by atoms with E-state index in [-0.39, 0.29) is 24.8 Å². The number of hydrogen-bond donors (Lipinski definition) is 2. The Morgan fingerprint density at radius 1 is 0.913 bits per heavy atom. The Labute approximate surface area is 144 Å². The third kappa shape index (κ3) is 5.93. The number of rotatable bonds is 6. The lowest BCUT2D eigenvalue weighted by atomic mass is 10.2. The summed E-state index contributed by atoms with van der Waals surface area (Å²) in [6.45, 7) is 0.674. The topological polar surface area (TPSA) is 58.2 Å². The van der Waals surface area contributed by atoms with Gasteiger partial charge in [-0.3, -0.25) is 9.59 Å². The Kier molecular flexibility index (Phi) is 6.44. The standard InChI is InChI=1S/C17H16Cl2N2O2/c18-14-6-4-13(5-7-14)17(23)20-9-8-16(22)21-11-12-2-1-3-15(19)10-12/h1-7,10H,8-9,11H2,(H,20,23)(H,21,22). The van der Waals surface area contributed by atoms with E-state index in [1.54, 1.807) is 36.4 Å². The van der Waals surface area contributed by atoms with Gasteiger partial charge in [0.1, 0.15) is 0 Å². The zero-order chi connectivity index (χ0) is 16.7. The number of nitrogens with one attached hydrogen (secondary N) is 2. The zero-order valence-electron chi connectivity index (χ0n) is 12.3. The molecule has 0 bridgehead atoms. The van der Waals surface area contributed by atoms with Crippen molar-refractivity contribution in [1.29, 1.82) is 0 Å². The average molecular weight is 351 g/mol. The van der Waals surface area contributed by atoms with Gasteiger partial charge in [-0.05, 0) is 42.0 Å². The van der Waals surface area contributed by atoms with Crippen molar-refractivity contribution in [2.24, 2.45) is 0 Å². The van der Waals surface area contributed by atoms with E-state index in [2.05, 4.69) is 10.6 Å². The predicted octanol–water partition coefficient (Wildman–Crippen LogP) is 3.43. The van der Waals surface area contributed by atoms with Crippen LogP contribution in [0.1, 0.15) is 22.3 Å². The van der Waals surface area contributed by atoms with Crippen LogP contribution < -0.4 is 10.6 Å². The molecule has 4 nitrogen and oxygen atoms in total. The molecule has 0 aromatic heterocycles. The maximum absolute atomic E-state index is 11.9. The van der Waals surface area contributed by atoms with Gasteiger partial charge >= 0.3 is 0 Å². The molecule has 120 valence electrons. The van der Waals surface area contributed by atoms with Gasteiger partial charge in [0.15, 0.2) is 0 Å². The Hall–Kier alpha value is -2.04. The van der Waals surface area contributed by atoms with Crippen LogP contribution >= 0.6 is 23.2 Å². The number of halogens is 2. The van der Waals surface area contributed by atoms with E-state index in [1.165, 1.54) is 0 Å². The van der Waals surface area contributed by atoms with Gasteiger partial charge in [-0.1, -0.05) is 35.3 Å². The summed E-state index contributed by atoms with van der Waals surface area (Å²) < 4.78 is 0. The molecule has 2 aromatic rings. The van der Waals surface area contributed by atoms with Gasteiger partial charge in [0.05, 0.1) is 0 Å². The summed E-state index contributed by atoms with van der Waals surface area (Å²) in [4.78, 5) is 23.6. The van der Waals surface area contributed by atoms with Crippen LogP contribution in [-0.4, -0.2) is 18.4 Å². The monoisotopic (exact) mass is 350 g/mol. The fraction of sp³-hybridized carbons (Fsp3) is 0.176. The minimum atomic E-state index is -0.232. The van der Waals surface area contributed by atoms with E-state index in [1.807, 2.05) is 12.1 Å². The van der Waals surface area contributed by atoms with Crippen LogP contribution in [0.25, 0.3) is 0 Å². The van der Waals surface area contributed by atoms with Crippen LogP contribution in [0, 0.1) is 0 Å². The molecule has 2 rings (SSSR count). The van der Waals surface area contributed by atoms with Crippen LogP contribution in [0.2, 0.25) is 10.0 Å². The van der Waals surface area contributed by atoms with Crippen LogP contribution in [0.4, 0.5) is 0 Å².